The zero-order valence-corrected chi connectivity index (χ0v) is 7.46. The molecule has 0 unspecified atom stereocenters. The number of rotatable bonds is 6. The van der Waals surface area contributed by atoms with Crippen LogP contribution in [-0.2, 0) is 14.2 Å². The normalized spacial score (nSPS) is 9.50. The lowest BCUT2D eigenvalue weighted by Gasteiger charge is -2.05. The average molecular weight is 177 g/mol. The molecule has 0 aliphatic rings. The lowest BCUT2D eigenvalue weighted by Crippen LogP contribution is -2.27. The number of carbonyl (C=O) groups excluding carboxylic acids is 1. The maximum Gasteiger partial charge on any atom is 0.408 e. The molecule has 0 radical (unpaired) electrons. The Bertz CT molecular complexity index is 118. The Labute approximate surface area is 72.0 Å². The Hall–Kier alpha value is -0.810. The van der Waals surface area contributed by atoms with Gasteiger partial charge < -0.3 is 14.2 Å². The van der Waals surface area contributed by atoms with Gasteiger partial charge in [-0.05, 0) is 6.92 Å². The lowest BCUT2D eigenvalue weighted by atomic mass is 10.8. The highest BCUT2D eigenvalue weighted by atomic mass is 16.6. The fraction of sp³-hybridized carbons (Fsp3) is 0.857. The van der Waals surface area contributed by atoms with Crippen LogP contribution < -0.4 is 5.32 Å². The van der Waals surface area contributed by atoms with Gasteiger partial charge in [0.1, 0.15) is 6.73 Å². The molecule has 0 fully saturated rings. The van der Waals surface area contributed by atoms with Crippen LogP contribution in [0.4, 0.5) is 4.79 Å². The molecule has 1 amide bonds. The topological polar surface area (TPSA) is 56.8 Å². The molecule has 0 saturated heterocycles. The van der Waals surface area contributed by atoms with E-state index in [0.717, 1.165) is 0 Å². The van der Waals surface area contributed by atoms with Gasteiger partial charge in [0, 0.05) is 7.11 Å². The molecule has 0 aromatic carbocycles. The molecule has 0 saturated carbocycles. The molecule has 0 aliphatic heterocycles. The van der Waals surface area contributed by atoms with E-state index in [1.807, 2.05) is 0 Å². The fourth-order valence-electron chi connectivity index (χ4n) is 0.507. The lowest BCUT2D eigenvalue weighted by molar-refractivity contribution is 0.0569. The molecule has 0 rings (SSSR count). The van der Waals surface area contributed by atoms with E-state index < -0.39 is 6.09 Å². The van der Waals surface area contributed by atoms with Crippen molar-refractivity contribution in [3.05, 3.63) is 0 Å². The molecule has 12 heavy (non-hydrogen) atoms. The van der Waals surface area contributed by atoms with Crippen LogP contribution in [0.15, 0.2) is 0 Å². The van der Waals surface area contributed by atoms with E-state index >= 15 is 0 Å². The van der Waals surface area contributed by atoms with Crippen molar-refractivity contribution in [3.8, 4) is 0 Å². The van der Waals surface area contributed by atoms with Gasteiger partial charge in [0.05, 0.1) is 19.8 Å². The first kappa shape index (κ1) is 11.2. The van der Waals surface area contributed by atoms with Crippen LogP contribution in [0.1, 0.15) is 6.92 Å². The second kappa shape index (κ2) is 8.29. The molecule has 72 valence electrons. The minimum Gasteiger partial charge on any atom is -0.450 e. The van der Waals surface area contributed by atoms with Gasteiger partial charge in [0.15, 0.2) is 0 Å². The van der Waals surface area contributed by atoms with E-state index in [9.17, 15) is 4.79 Å². The summed E-state index contributed by atoms with van der Waals surface area (Å²) in [5.41, 5.74) is 0. The van der Waals surface area contributed by atoms with Crippen LogP contribution in [0.2, 0.25) is 0 Å². The number of amides is 1. The maximum absolute atomic E-state index is 10.6. The number of hydrogen-bond donors (Lipinski definition) is 1. The number of carbonyl (C=O) groups is 1. The van der Waals surface area contributed by atoms with Crippen LogP contribution >= 0.6 is 0 Å². The van der Waals surface area contributed by atoms with Gasteiger partial charge in [-0.2, -0.15) is 0 Å². The van der Waals surface area contributed by atoms with Crippen molar-refractivity contribution in [2.24, 2.45) is 0 Å². The van der Waals surface area contributed by atoms with Crippen molar-refractivity contribution in [1.29, 1.82) is 0 Å². The summed E-state index contributed by atoms with van der Waals surface area (Å²) in [5.74, 6) is 0. The maximum atomic E-state index is 10.6. The summed E-state index contributed by atoms with van der Waals surface area (Å²) in [7, 11) is 1.59. The number of alkyl carbamates (subject to hydrolysis) is 1. The van der Waals surface area contributed by atoms with E-state index in [2.05, 4.69) is 10.1 Å². The predicted molar refractivity (Wildman–Crippen MR) is 42.9 cm³/mol. The quantitative estimate of drug-likeness (QED) is 0.470. The van der Waals surface area contributed by atoms with E-state index in [0.29, 0.717) is 19.8 Å². The molecule has 0 bridgehead atoms. The van der Waals surface area contributed by atoms with Crippen LogP contribution in [0.5, 0.6) is 0 Å². The Morgan fingerprint density at radius 3 is 2.75 bits per heavy atom. The molecule has 1 N–H and O–H groups in total. The van der Waals surface area contributed by atoms with Gasteiger partial charge in [0.25, 0.3) is 0 Å². The summed E-state index contributed by atoms with van der Waals surface area (Å²) in [6, 6.07) is 0. The Morgan fingerprint density at radius 2 is 2.17 bits per heavy atom. The van der Waals surface area contributed by atoms with Crippen molar-refractivity contribution < 1.29 is 19.0 Å². The second-order valence-electron chi connectivity index (χ2n) is 1.94. The largest absolute Gasteiger partial charge is 0.450 e. The molecule has 0 spiro atoms. The molecular formula is C7H15NO4. The van der Waals surface area contributed by atoms with E-state index in [1.54, 1.807) is 14.0 Å². The molecular weight excluding hydrogens is 162 g/mol. The second-order valence-corrected chi connectivity index (χ2v) is 1.94. The number of hydrogen-bond acceptors (Lipinski definition) is 4. The minimum atomic E-state index is -0.463. The van der Waals surface area contributed by atoms with Gasteiger partial charge in [-0.25, -0.2) is 4.79 Å². The first-order chi connectivity index (χ1) is 5.81. The van der Waals surface area contributed by atoms with Crippen molar-refractivity contribution in [3.63, 3.8) is 0 Å². The molecule has 0 aliphatic carbocycles. The van der Waals surface area contributed by atoms with Crippen LogP contribution in [0.3, 0.4) is 0 Å². The first-order valence-electron chi connectivity index (χ1n) is 3.78. The average Bonchev–Trinajstić information content (AvgIpc) is 2.05. The Kier molecular flexibility index (Phi) is 7.73. The van der Waals surface area contributed by atoms with Gasteiger partial charge >= 0.3 is 6.09 Å². The van der Waals surface area contributed by atoms with Crippen molar-refractivity contribution in [2.75, 3.05) is 33.7 Å². The number of ether oxygens (including phenoxy) is 3. The van der Waals surface area contributed by atoms with E-state index in [1.165, 1.54) is 0 Å². The minimum absolute atomic E-state index is 0.155. The molecule has 0 aromatic heterocycles. The van der Waals surface area contributed by atoms with Gasteiger partial charge in [-0.15, -0.1) is 0 Å². The molecule has 5 nitrogen and oxygen atoms in total. The van der Waals surface area contributed by atoms with Crippen LogP contribution in [-0.4, -0.2) is 39.8 Å². The summed E-state index contributed by atoms with van der Waals surface area (Å²) in [6.45, 7) is 3.24. The summed E-state index contributed by atoms with van der Waals surface area (Å²) in [6.07, 6.45) is -0.463. The number of methoxy groups -OCH3 is 1. The third-order valence-electron chi connectivity index (χ3n) is 1.03. The van der Waals surface area contributed by atoms with Crippen molar-refractivity contribution in [2.45, 2.75) is 6.92 Å². The Morgan fingerprint density at radius 1 is 1.42 bits per heavy atom. The van der Waals surface area contributed by atoms with Crippen molar-refractivity contribution >= 4 is 6.09 Å². The standard InChI is InChI=1S/C7H15NO4/c1-3-12-7(9)8-6-11-5-4-10-2/h3-6H2,1-2H3,(H,8,9). The summed E-state index contributed by atoms with van der Waals surface area (Å²) in [5, 5.41) is 2.40. The van der Waals surface area contributed by atoms with Crippen LogP contribution in [0.25, 0.3) is 0 Å². The SMILES string of the molecule is CCOC(=O)NCOCCOC. The highest BCUT2D eigenvalue weighted by Gasteiger charge is 1.96. The molecule has 0 heterocycles. The smallest absolute Gasteiger partial charge is 0.408 e. The van der Waals surface area contributed by atoms with E-state index in [-0.39, 0.29) is 6.73 Å². The fourth-order valence-corrected chi connectivity index (χ4v) is 0.507. The highest BCUT2D eigenvalue weighted by Crippen LogP contribution is 1.77. The summed E-state index contributed by atoms with van der Waals surface area (Å²) in [4.78, 5) is 10.6. The number of nitrogens with one attached hydrogen (secondary N) is 1. The zero-order valence-electron chi connectivity index (χ0n) is 7.46. The predicted octanol–water partition coefficient (Wildman–Crippen LogP) is 0.353. The monoisotopic (exact) mass is 177 g/mol. The first-order valence-corrected chi connectivity index (χ1v) is 3.78. The summed E-state index contributed by atoms with van der Waals surface area (Å²) >= 11 is 0. The zero-order chi connectivity index (χ0) is 9.23. The summed E-state index contributed by atoms with van der Waals surface area (Å²) < 4.78 is 14.3. The third kappa shape index (κ3) is 7.30. The molecule has 0 aromatic rings. The highest BCUT2D eigenvalue weighted by molar-refractivity contribution is 5.66. The van der Waals surface area contributed by atoms with Gasteiger partial charge in [0.2, 0.25) is 0 Å². The Balaban J connectivity index is 3.03. The molecule has 5 heteroatoms. The van der Waals surface area contributed by atoms with Gasteiger partial charge in [-0.1, -0.05) is 0 Å². The molecule has 0 atom stereocenters. The van der Waals surface area contributed by atoms with Gasteiger partial charge in [-0.3, -0.25) is 5.32 Å². The third-order valence-corrected chi connectivity index (χ3v) is 1.03. The van der Waals surface area contributed by atoms with Crippen molar-refractivity contribution in [1.82, 2.24) is 5.32 Å². The van der Waals surface area contributed by atoms with E-state index in [4.69, 9.17) is 9.47 Å². The van der Waals surface area contributed by atoms with Crippen LogP contribution in [0, 0.1) is 0 Å².